The minimum Gasteiger partial charge on any atom is -0.349 e. The van der Waals surface area contributed by atoms with Crippen molar-refractivity contribution in [3.05, 3.63) is 29.6 Å². The predicted octanol–water partition coefficient (Wildman–Crippen LogP) is 4.45. The zero-order valence-corrected chi connectivity index (χ0v) is 14.1. The van der Waals surface area contributed by atoms with Crippen LogP contribution in [0.3, 0.4) is 0 Å². The van der Waals surface area contributed by atoms with Crippen molar-refractivity contribution in [3.63, 3.8) is 0 Å². The third kappa shape index (κ3) is 4.22. The third-order valence-corrected chi connectivity index (χ3v) is 4.44. The lowest BCUT2D eigenvalue weighted by molar-refractivity contribution is 0.0713. The van der Waals surface area contributed by atoms with E-state index in [0.717, 1.165) is 19.3 Å². The molecule has 0 bridgehead atoms. The summed E-state index contributed by atoms with van der Waals surface area (Å²) in [5.41, 5.74) is 0.900. The summed E-state index contributed by atoms with van der Waals surface area (Å²) in [6.45, 7) is 8.99. The molecule has 1 aliphatic rings. The van der Waals surface area contributed by atoms with Gasteiger partial charge in [0.25, 0.3) is 5.91 Å². The van der Waals surface area contributed by atoms with Gasteiger partial charge in [0.2, 0.25) is 0 Å². The van der Waals surface area contributed by atoms with Crippen molar-refractivity contribution in [1.82, 2.24) is 5.32 Å². The van der Waals surface area contributed by atoms with Crippen LogP contribution in [0.15, 0.2) is 23.1 Å². The predicted molar refractivity (Wildman–Crippen MR) is 86.3 cm³/mol. The Morgan fingerprint density at radius 2 is 1.81 bits per heavy atom. The van der Waals surface area contributed by atoms with Gasteiger partial charge in [-0.15, -0.1) is 12.6 Å². The molecule has 1 aromatic rings. The summed E-state index contributed by atoms with van der Waals surface area (Å²) < 4.78 is 13.2. The smallest absolute Gasteiger partial charge is 0.251 e. The van der Waals surface area contributed by atoms with Crippen LogP contribution in [0.25, 0.3) is 0 Å². The second-order valence-corrected chi connectivity index (χ2v) is 8.23. The Labute approximate surface area is 131 Å². The van der Waals surface area contributed by atoms with Gasteiger partial charge in [-0.05, 0) is 48.3 Å². The Balaban J connectivity index is 2.10. The van der Waals surface area contributed by atoms with Crippen molar-refractivity contribution in [1.29, 1.82) is 0 Å². The van der Waals surface area contributed by atoms with Gasteiger partial charge >= 0.3 is 0 Å². The number of hydrogen-bond acceptors (Lipinski definition) is 2. The van der Waals surface area contributed by atoms with Gasteiger partial charge in [-0.2, -0.15) is 0 Å². The first-order chi connectivity index (χ1) is 9.58. The molecule has 0 aliphatic heterocycles. The Bertz CT molecular complexity index is 538. The molecule has 2 nitrogen and oxygen atoms in total. The lowest BCUT2D eigenvalue weighted by Gasteiger charge is -2.45. The van der Waals surface area contributed by atoms with E-state index in [-0.39, 0.29) is 27.7 Å². The number of amides is 1. The Hall–Kier alpha value is -1.03. The topological polar surface area (TPSA) is 29.1 Å². The minimum atomic E-state index is -0.408. The van der Waals surface area contributed by atoms with E-state index in [9.17, 15) is 9.18 Å². The molecule has 4 heteroatoms. The molecule has 116 valence electrons. The van der Waals surface area contributed by atoms with E-state index in [1.54, 1.807) is 0 Å². The first kappa shape index (κ1) is 16.3. The number of hydrogen-bond donors (Lipinski definition) is 2. The van der Waals surface area contributed by atoms with Crippen LogP contribution in [0.1, 0.15) is 57.3 Å². The van der Waals surface area contributed by atoms with Gasteiger partial charge in [-0.25, -0.2) is 4.39 Å². The molecule has 0 radical (unpaired) electrons. The van der Waals surface area contributed by atoms with Gasteiger partial charge in [0.15, 0.2) is 0 Å². The van der Waals surface area contributed by atoms with Crippen molar-refractivity contribution in [2.45, 2.75) is 57.9 Å². The molecular formula is C17H24FNOS. The summed E-state index contributed by atoms with van der Waals surface area (Å²) in [5, 5.41) is 3.10. The zero-order valence-electron chi connectivity index (χ0n) is 13.2. The van der Waals surface area contributed by atoms with Gasteiger partial charge in [-0.1, -0.05) is 27.7 Å². The van der Waals surface area contributed by atoms with Crippen LogP contribution in [0.5, 0.6) is 0 Å². The van der Waals surface area contributed by atoms with E-state index in [1.165, 1.54) is 18.2 Å². The first-order valence-corrected chi connectivity index (χ1v) is 7.82. The number of nitrogens with one attached hydrogen (secondary N) is 1. The van der Waals surface area contributed by atoms with Gasteiger partial charge in [-0.3, -0.25) is 4.79 Å². The highest BCUT2D eigenvalue weighted by molar-refractivity contribution is 7.80. The minimum absolute atomic E-state index is 0.149. The summed E-state index contributed by atoms with van der Waals surface area (Å²) in [5.74, 6) is -0.557. The molecule has 0 unspecified atom stereocenters. The van der Waals surface area contributed by atoms with Crippen LogP contribution in [0.2, 0.25) is 0 Å². The normalized spacial score (nSPS) is 21.0. The maximum Gasteiger partial charge on any atom is 0.251 e. The van der Waals surface area contributed by atoms with Gasteiger partial charge < -0.3 is 5.32 Å². The molecule has 1 N–H and O–H groups in total. The summed E-state index contributed by atoms with van der Waals surface area (Å²) in [6, 6.07) is 4.42. The quantitative estimate of drug-likeness (QED) is 0.777. The van der Waals surface area contributed by atoms with E-state index in [4.69, 9.17) is 0 Å². The number of rotatable bonds is 2. The molecule has 2 rings (SSSR count). The SMILES string of the molecule is CC1(C)CC(NC(=O)c2ccc(F)c(S)c2)CC(C)(C)C1. The highest BCUT2D eigenvalue weighted by Crippen LogP contribution is 2.45. The molecule has 0 saturated heterocycles. The van der Waals surface area contributed by atoms with E-state index < -0.39 is 5.82 Å². The zero-order chi connectivity index (χ0) is 15.8. The van der Waals surface area contributed by atoms with Crippen LogP contribution in [-0.4, -0.2) is 11.9 Å². The largest absolute Gasteiger partial charge is 0.349 e. The number of carbonyl (C=O) groups excluding carboxylic acids is 1. The van der Waals surface area contributed by atoms with Crippen LogP contribution in [0, 0.1) is 16.6 Å². The Morgan fingerprint density at radius 1 is 1.24 bits per heavy atom. The molecular weight excluding hydrogens is 285 g/mol. The molecule has 21 heavy (non-hydrogen) atoms. The Kier molecular flexibility index (Phi) is 4.39. The molecule has 0 spiro atoms. The van der Waals surface area contributed by atoms with Crippen LogP contribution < -0.4 is 5.32 Å². The highest BCUT2D eigenvalue weighted by Gasteiger charge is 2.38. The summed E-state index contributed by atoms with van der Waals surface area (Å²) >= 11 is 4.03. The molecule has 0 atom stereocenters. The van der Waals surface area contributed by atoms with E-state index in [0.29, 0.717) is 5.56 Å². The molecule has 1 fully saturated rings. The van der Waals surface area contributed by atoms with Gasteiger partial charge in [0.1, 0.15) is 5.82 Å². The van der Waals surface area contributed by atoms with Crippen molar-refractivity contribution >= 4 is 18.5 Å². The second kappa shape index (κ2) is 5.64. The summed E-state index contributed by atoms with van der Waals surface area (Å²) in [7, 11) is 0. The van der Waals surface area contributed by atoms with Gasteiger partial charge in [0.05, 0.1) is 0 Å². The summed E-state index contributed by atoms with van der Waals surface area (Å²) in [6.07, 6.45) is 3.10. The molecule has 1 saturated carbocycles. The lowest BCUT2D eigenvalue weighted by Crippen LogP contribution is -2.46. The Morgan fingerprint density at radius 3 is 2.33 bits per heavy atom. The van der Waals surface area contributed by atoms with Gasteiger partial charge in [0, 0.05) is 16.5 Å². The molecule has 1 aromatic carbocycles. The fourth-order valence-electron chi connectivity index (χ4n) is 3.87. The van der Waals surface area contributed by atoms with E-state index >= 15 is 0 Å². The standard InChI is InChI=1S/C17H24FNOS/c1-16(2)8-12(9-17(3,4)10-16)19-15(20)11-5-6-13(18)14(21)7-11/h5-7,12,21H,8-10H2,1-4H3,(H,19,20). The number of benzene rings is 1. The van der Waals surface area contributed by atoms with E-state index in [2.05, 4.69) is 45.6 Å². The fraction of sp³-hybridized carbons (Fsp3) is 0.588. The van der Waals surface area contributed by atoms with Crippen LogP contribution >= 0.6 is 12.6 Å². The fourth-order valence-corrected chi connectivity index (χ4v) is 4.08. The van der Waals surface area contributed by atoms with Crippen LogP contribution in [0.4, 0.5) is 4.39 Å². The maximum atomic E-state index is 13.2. The first-order valence-electron chi connectivity index (χ1n) is 7.37. The average molecular weight is 309 g/mol. The van der Waals surface area contributed by atoms with Crippen molar-refractivity contribution < 1.29 is 9.18 Å². The molecule has 1 amide bonds. The summed E-state index contributed by atoms with van der Waals surface area (Å²) in [4.78, 5) is 12.5. The molecule has 0 aromatic heterocycles. The number of thiol groups is 1. The van der Waals surface area contributed by atoms with Crippen molar-refractivity contribution in [2.75, 3.05) is 0 Å². The third-order valence-electron chi connectivity index (χ3n) is 4.10. The number of carbonyl (C=O) groups is 1. The average Bonchev–Trinajstić information content (AvgIpc) is 2.28. The number of halogens is 1. The van der Waals surface area contributed by atoms with Crippen molar-refractivity contribution in [3.8, 4) is 0 Å². The second-order valence-electron chi connectivity index (χ2n) is 7.75. The van der Waals surface area contributed by atoms with Crippen LogP contribution in [-0.2, 0) is 0 Å². The van der Waals surface area contributed by atoms with Crippen molar-refractivity contribution in [2.24, 2.45) is 10.8 Å². The molecule has 0 heterocycles. The maximum absolute atomic E-state index is 13.2. The molecule has 1 aliphatic carbocycles. The van der Waals surface area contributed by atoms with E-state index in [1.807, 2.05) is 0 Å². The lowest BCUT2D eigenvalue weighted by atomic mass is 9.63. The monoisotopic (exact) mass is 309 g/mol. The highest BCUT2D eigenvalue weighted by atomic mass is 32.1.